The molecule has 2 aromatic heterocycles. The number of imidazole rings is 1. The van der Waals surface area contributed by atoms with Gasteiger partial charge in [0, 0.05) is 25.0 Å². The van der Waals surface area contributed by atoms with Crippen molar-refractivity contribution in [1.82, 2.24) is 19.6 Å². The zero-order chi connectivity index (χ0) is 25.1. The van der Waals surface area contributed by atoms with Gasteiger partial charge in [0.05, 0.1) is 26.2 Å². The summed E-state index contributed by atoms with van der Waals surface area (Å²) in [6, 6.07) is 8.97. The predicted octanol–water partition coefficient (Wildman–Crippen LogP) is 3.13. The van der Waals surface area contributed by atoms with E-state index in [4.69, 9.17) is 14.2 Å². The number of pyridine rings is 1. The maximum atomic E-state index is 12.9. The molecule has 10 nitrogen and oxygen atoms in total. The van der Waals surface area contributed by atoms with Crippen molar-refractivity contribution in [3.8, 4) is 17.2 Å². The Hall–Kier alpha value is -3.99. The zero-order valence-corrected chi connectivity index (χ0v) is 20.5. The van der Waals surface area contributed by atoms with Crippen LogP contribution in [0.5, 0.6) is 17.2 Å². The topological polar surface area (TPSA) is 111 Å². The van der Waals surface area contributed by atoms with Gasteiger partial charge in [-0.2, -0.15) is 0 Å². The van der Waals surface area contributed by atoms with E-state index < -0.39 is 11.1 Å². The molecule has 0 aliphatic carbocycles. The van der Waals surface area contributed by atoms with E-state index in [1.165, 1.54) is 21.3 Å². The summed E-state index contributed by atoms with van der Waals surface area (Å²) in [6.07, 6.45) is 3.24. The van der Waals surface area contributed by atoms with Crippen LogP contribution in [0.1, 0.15) is 21.7 Å². The Morgan fingerprint density at radius 2 is 1.83 bits per heavy atom. The van der Waals surface area contributed by atoms with E-state index in [1.807, 2.05) is 29.5 Å². The van der Waals surface area contributed by atoms with Gasteiger partial charge in [0.15, 0.2) is 11.5 Å². The van der Waals surface area contributed by atoms with Crippen LogP contribution >= 0.6 is 11.8 Å². The number of carbonyl (C=O) groups is 3. The van der Waals surface area contributed by atoms with Gasteiger partial charge < -0.3 is 23.9 Å². The smallest absolute Gasteiger partial charge is 0.293 e. The fourth-order valence-corrected chi connectivity index (χ4v) is 4.52. The third-order valence-corrected chi connectivity index (χ3v) is 6.32. The van der Waals surface area contributed by atoms with E-state index in [0.717, 1.165) is 22.4 Å². The van der Waals surface area contributed by atoms with Crippen molar-refractivity contribution in [1.29, 1.82) is 0 Å². The van der Waals surface area contributed by atoms with Crippen LogP contribution in [0.15, 0.2) is 41.4 Å². The number of fused-ring (bicyclic) bond motifs is 1. The number of nitrogens with zero attached hydrogens (tertiary/aromatic N) is 3. The van der Waals surface area contributed by atoms with Crippen molar-refractivity contribution in [3.63, 3.8) is 0 Å². The molecule has 35 heavy (non-hydrogen) atoms. The highest BCUT2D eigenvalue weighted by Gasteiger charge is 2.35. The Morgan fingerprint density at radius 1 is 1.11 bits per heavy atom. The molecular weight excluding hydrogens is 472 g/mol. The average molecular weight is 497 g/mol. The minimum Gasteiger partial charge on any atom is -0.493 e. The van der Waals surface area contributed by atoms with E-state index in [2.05, 4.69) is 10.3 Å². The predicted molar refractivity (Wildman–Crippen MR) is 131 cm³/mol. The van der Waals surface area contributed by atoms with Crippen molar-refractivity contribution in [2.24, 2.45) is 0 Å². The van der Waals surface area contributed by atoms with Crippen molar-refractivity contribution >= 4 is 40.5 Å². The number of hydrogen-bond donors (Lipinski definition) is 1. The number of thioether (sulfide) groups is 1. The lowest BCUT2D eigenvalue weighted by Gasteiger charge is -2.13. The Labute approximate surface area is 205 Å². The monoisotopic (exact) mass is 496 g/mol. The third kappa shape index (κ3) is 4.80. The van der Waals surface area contributed by atoms with Crippen molar-refractivity contribution in [3.05, 3.63) is 58.4 Å². The summed E-state index contributed by atoms with van der Waals surface area (Å²) in [5.41, 5.74) is 2.49. The van der Waals surface area contributed by atoms with Gasteiger partial charge in [0.25, 0.3) is 17.1 Å². The summed E-state index contributed by atoms with van der Waals surface area (Å²) in [6.45, 7) is 2.05. The lowest BCUT2D eigenvalue weighted by Crippen LogP contribution is -2.37. The highest BCUT2D eigenvalue weighted by atomic mass is 32.2. The van der Waals surface area contributed by atoms with E-state index in [1.54, 1.807) is 24.4 Å². The van der Waals surface area contributed by atoms with Crippen molar-refractivity contribution < 1.29 is 28.6 Å². The molecule has 0 radical (unpaired) electrons. The van der Waals surface area contributed by atoms with E-state index in [0.29, 0.717) is 28.5 Å². The molecule has 4 rings (SSSR count). The third-order valence-electron chi connectivity index (χ3n) is 5.41. The minimum absolute atomic E-state index is 0.0371. The summed E-state index contributed by atoms with van der Waals surface area (Å²) in [5.74, 6) is 0.473. The Bertz CT molecular complexity index is 1320. The largest absolute Gasteiger partial charge is 0.493 e. The van der Waals surface area contributed by atoms with Gasteiger partial charge in [-0.1, -0.05) is 6.07 Å². The molecule has 182 valence electrons. The van der Waals surface area contributed by atoms with Gasteiger partial charge >= 0.3 is 0 Å². The molecule has 3 heterocycles. The number of aromatic nitrogens is 2. The second-order valence-corrected chi connectivity index (χ2v) is 8.56. The lowest BCUT2D eigenvalue weighted by atomic mass is 10.1. The van der Waals surface area contributed by atoms with E-state index in [9.17, 15) is 14.4 Å². The molecule has 1 saturated heterocycles. The first-order valence-electron chi connectivity index (χ1n) is 10.6. The summed E-state index contributed by atoms with van der Waals surface area (Å²) in [4.78, 5) is 43.5. The zero-order valence-electron chi connectivity index (χ0n) is 19.7. The molecule has 0 saturated carbocycles. The number of imide groups is 1. The number of nitrogens with one attached hydrogen (secondary N) is 1. The van der Waals surface area contributed by atoms with E-state index >= 15 is 0 Å². The summed E-state index contributed by atoms with van der Waals surface area (Å²) < 4.78 is 17.8. The van der Waals surface area contributed by atoms with E-state index in [-0.39, 0.29) is 29.6 Å². The average Bonchev–Trinajstić information content (AvgIpc) is 3.41. The molecule has 1 fully saturated rings. The fraction of sp³-hybridized carbons (Fsp3) is 0.250. The van der Waals surface area contributed by atoms with Crippen LogP contribution < -0.4 is 19.5 Å². The molecule has 3 amide bonds. The molecule has 0 unspecified atom stereocenters. The molecule has 0 bridgehead atoms. The number of ether oxygens (including phenoxy) is 3. The second-order valence-electron chi connectivity index (χ2n) is 7.57. The molecule has 0 spiro atoms. The molecular formula is C24H24N4O6S. The SMILES string of the molecule is COc1cc(/C=C2\SC(=O)N(CCNC(=O)c3cn4c(C)cccc4n3)C2=O)cc(OC)c1OC. The number of methoxy groups -OCH3 is 3. The minimum atomic E-state index is -0.439. The van der Waals surface area contributed by atoms with Gasteiger partial charge in [0.1, 0.15) is 11.3 Å². The fourth-order valence-electron chi connectivity index (χ4n) is 3.66. The van der Waals surface area contributed by atoms with Crippen LogP contribution in [-0.4, -0.2) is 65.8 Å². The number of carbonyl (C=O) groups excluding carboxylic acids is 3. The first kappa shape index (κ1) is 24.1. The number of rotatable bonds is 8. The lowest BCUT2D eigenvalue weighted by molar-refractivity contribution is -0.122. The first-order valence-corrected chi connectivity index (χ1v) is 11.5. The highest BCUT2D eigenvalue weighted by Crippen LogP contribution is 2.40. The van der Waals surface area contributed by atoms with Gasteiger partial charge in [-0.25, -0.2) is 4.98 Å². The van der Waals surface area contributed by atoms with Gasteiger partial charge in [-0.05, 0) is 54.6 Å². The second kappa shape index (κ2) is 10.1. The van der Waals surface area contributed by atoms with Crippen LogP contribution in [0.25, 0.3) is 11.7 Å². The summed E-state index contributed by atoms with van der Waals surface area (Å²) in [5, 5.41) is 2.31. The van der Waals surface area contributed by atoms with Gasteiger partial charge in [-0.15, -0.1) is 0 Å². The Balaban J connectivity index is 1.43. The van der Waals surface area contributed by atoms with Gasteiger partial charge in [0.2, 0.25) is 5.75 Å². The maximum absolute atomic E-state index is 12.9. The maximum Gasteiger partial charge on any atom is 0.293 e. The number of aryl methyl sites for hydroxylation is 1. The first-order chi connectivity index (χ1) is 16.9. The van der Waals surface area contributed by atoms with Crippen LogP contribution in [-0.2, 0) is 4.79 Å². The highest BCUT2D eigenvalue weighted by molar-refractivity contribution is 8.18. The quantitative estimate of drug-likeness (QED) is 0.474. The van der Waals surface area contributed by atoms with Crippen LogP contribution in [0.4, 0.5) is 4.79 Å². The molecule has 0 atom stereocenters. The summed E-state index contributed by atoms with van der Waals surface area (Å²) >= 11 is 0.831. The molecule has 1 N–H and O–H groups in total. The standard InChI is InChI=1S/C24H24N4O6S/c1-14-6-5-7-20-26-16(13-28(14)20)22(29)25-8-9-27-23(30)19(35-24(27)31)12-15-10-17(32-2)21(34-4)18(11-15)33-3/h5-7,10-13H,8-9H2,1-4H3,(H,25,29)/b19-12-. The molecule has 1 aliphatic heterocycles. The normalized spacial score (nSPS) is 14.6. The number of hydrogen-bond acceptors (Lipinski definition) is 8. The molecule has 1 aliphatic rings. The Kier molecular flexibility index (Phi) is 6.97. The van der Waals surface area contributed by atoms with Crippen LogP contribution in [0.3, 0.4) is 0 Å². The molecule has 3 aromatic rings. The van der Waals surface area contributed by atoms with Crippen molar-refractivity contribution in [2.45, 2.75) is 6.92 Å². The molecule has 11 heteroatoms. The van der Waals surface area contributed by atoms with Crippen molar-refractivity contribution in [2.75, 3.05) is 34.4 Å². The number of benzene rings is 1. The van der Waals surface area contributed by atoms with Crippen LogP contribution in [0.2, 0.25) is 0 Å². The Morgan fingerprint density at radius 3 is 2.46 bits per heavy atom. The van der Waals surface area contributed by atoms with Gasteiger partial charge in [-0.3, -0.25) is 19.3 Å². The molecule has 1 aromatic carbocycles. The van der Waals surface area contributed by atoms with Crippen LogP contribution in [0, 0.1) is 6.92 Å². The number of amides is 3. The summed E-state index contributed by atoms with van der Waals surface area (Å²) in [7, 11) is 4.49.